The summed E-state index contributed by atoms with van der Waals surface area (Å²) in [5.74, 6) is 0.291. The topological polar surface area (TPSA) is 35.2 Å². The van der Waals surface area contributed by atoms with Crippen LogP contribution in [-0.2, 0) is 5.54 Å². The van der Waals surface area contributed by atoms with Gasteiger partial charge in [-0.3, -0.25) is 0 Å². The van der Waals surface area contributed by atoms with E-state index in [0.29, 0.717) is 11.3 Å². The van der Waals surface area contributed by atoms with E-state index in [4.69, 9.17) is 10.5 Å². The molecule has 1 saturated carbocycles. The molecule has 0 atom stereocenters. The Bertz CT molecular complexity index is 339. The summed E-state index contributed by atoms with van der Waals surface area (Å²) in [6.07, 6.45) is 1.68. The monoisotopic (exact) mass is 217 g/mol. The molecule has 0 saturated heterocycles. The number of rotatable bonds is 2. The summed E-state index contributed by atoms with van der Waals surface area (Å²) in [5.41, 5.74) is 5.98. The maximum Gasteiger partial charge on any atom is 0.131 e. The van der Waals surface area contributed by atoms with Crippen LogP contribution in [0.4, 0.5) is 4.39 Å². The van der Waals surface area contributed by atoms with Crippen LogP contribution in [0.1, 0.15) is 18.4 Å². The van der Waals surface area contributed by atoms with Gasteiger partial charge in [0, 0.05) is 11.1 Å². The first-order valence-corrected chi connectivity index (χ1v) is 4.29. The Morgan fingerprint density at radius 2 is 2.07 bits per heavy atom. The van der Waals surface area contributed by atoms with Crippen molar-refractivity contribution in [1.29, 1.82) is 0 Å². The molecule has 1 aliphatic rings. The number of hydrogen-bond donors (Lipinski definition) is 1. The first-order chi connectivity index (χ1) is 6.17. The summed E-state index contributed by atoms with van der Waals surface area (Å²) >= 11 is 0. The molecule has 2 N–H and O–H groups in total. The van der Waals surface area contributed by atoms with E-state index in [1.807, 2.05) is 0 Å². The minimum Gasteiger partial charge on any atom is -0.496 e. The summed E-state index contributed by atoms with van der Waals surface area (Å²) in [4.78, 5) is 0. The lowest BCUT2D eigenvalue weighted by atomic mass is 10.0. The minimum atomic E-state index is -0.476. The molecule has 0 aliphatic heterocycles. The molecular weight excluding hydrogens is 205 g/mol. The van der Waals surface area contributed by atoms with Gasteiger partial charge in [0.1, 0.15) is 11.6 Å². The van der Waals surface area contributed by atoms with Crippen molar-refractivity contribution in [3.63, 3.8) is 0 Å². The molecular formula is C10H13ClFNO. The standard InChI is InChI=1S/C10H12FNO.ClH/c1-13-8-4-2-3-7(11)9(8)10(12)5-6-10;/h2-4H,5-6,12H2,1H3;1H. The second-order valence-corrected chi connectivity index (χ2v) is 3.47. The molecule has 0 amide bonds. The van der Waals surface area contributed by atoms with Crippen LogP contribution in [0.15, 0.2) is 18.2 Å². The van der Waals surface area contributed by atoms with E-state index >= 15 is 0 Å². The number of hydrogen-bond acceptors (Lipinski definition) is 2. The van der Waals surface area contributed by atoms with Gasteiger partial charge in [0.2, 0.25) is 0 Å². The average Bonchev–Trinajstić information content (AvgIpc) is 2.84. The molecule has 0 spiro atoms. The van der Waals surface area contributed by atoms with Crippen LogP contribution in [0.3, 0.4) is 0 Å². The van der Waals surface area contributed by atoms with E-state index < -0.39 is 5.54 Å². The van der Waals surface area contributed by atoms with Gasteiger partial charge < -0.3 is 10.5 Å². The van der Waals surface area contributed by atoms with Gasteiger partial charge in [-0.25, -0.2) is 4.39 Å². The second kappa shape index (κ2) is 3.75. The first kappa shape index (κ1) is 11.3. The molecule has 1 aromatic rings. The Morgan fingerprint density at radius 3 is 2.57 bits per heavy atom. The highest BCUT2D eigenvalue weighted by Gasteiger charge is 2.44. The number of halogens is 2. The van der Waals surface area contributed by atoms with E-state index in [1.54, 1.807) is 12.1 Å². The van der Waals surface area contributed by atoms with Crippen LogP contribution in [0.5, 0.6) is 5.75 Å². The highest BCUT2D eigenvalue weighted by atomic mass is 35.5. The van der Waals surface area contributed by atoms with Gasteiger partial charge in [0.05, 0.1) is 7.11 Å². The molecule has 14 heavy (non-hydrogen) atoms. The Kier molecular flexibility index (Phi) is 3.02. The zero-order valence-electron chi connectivity index (χ0n) is 7.92. The molecule has 1 fully saturated rings. The molecule has 1 aromatic carbocycles. The summed E-state index contributed by atoms with van der Waals surface area (Å²) in [6.45, 7) is 0. The number of ether oxygens (including phenoxy) is 1. The van der Waals surface area contributed by atoms with Gasteiger partial charge in [-0.2, -0.15) is 0 Å². The van der Waals surface area contributed by atoms with Crippen molar-refractivity contribution < 1.29 is 9.13 Å². The smallest absolute Gasteiger partial charge is 0.131 e. The summed E-state index contributed by atoms with van der Waals surface area (Å²) < 4.78 is 18.5. The lowest BCUT2D eigenvalue weighted by Crippen LogP contribution is -2.21. The fraction of sp³-hybridized carbons (Fsp3) is 0.400. The lowest BCUT2D eigenvalue weighted by Gasteiger charge is -2.14. The molecule has 0 heterocycles. The van der Waals surface area contributed by atoms with E-state index in [9.17, 15) is 4.39 Å². The van der Waals surface area contributed by atoms with Gasteiger partial charge in [-0.05, 0) is 25.0 Å². The van der Waals surface area contributed by atoms with E-state index in [0.717, 1.165) is 12.8 Å². The first-order valence-electron chi connectivity index (χ1n) is 4.29. The van der Waals surface area contributed by atoms with E-state index in [-0.39, 0.29) is 18.2 Å². The predicted molar refractivity (Wildman–Crippen MR) is 55.3 cm³/mol. The zero-order chi connectivity index (χ0) is 9.47. The number of methoxy groups -OCH3 is 1. The van der Waals surface area contributed by atoms with E-state index in [1.165, 1.54) is 13.2 Å². The highest BCUT2D eigenvalue weighted by Crippen LogP contribution is 2.47. The van der Waals surface area contributed by atoms with Gasteiger partial charge >= 0.3 is 0 Å². The van der Waals surface area contributed by atoms with Crippen LogP contribution in [0.2, 0.25) is 0 Å². The predicted octanol–water partition coefficient (Wildman–Crippen LogP) is 2.20. The van der Waals surface area contributed by atoms with Crippen molar-refractivity contribution in [2.75, 3.05) is 7.11 Å². The Balaban J connectivity index is 0.000000980. The highest BCUT2D eigenvalue weighted by molar-refractivity contribution is 5.85. The third-order valence-electron chi connectivity index (χ3n) is 2.48. The molecule has 0 aromatic heterocycles. The van der Waals surface area contributed by atoms with Gasteiger partial charge in [-0.15, -0.1) is 12.4 Å². The van der Waals surface area contributed by atoms with Crippen molar-refractivity contribution in [2.24, 2.45) is 5.73 Å². The van der Waals surface area contributed by atoms with Crippen molar-refractivity contribution >= 4 is 12.4 Å². The average molecular weight is 218 g/mol. The van der Waals surface area contributed by atoms with Crippen LogP contribution in [0, 0.1) is 5.82 Å². The zero-order valence-corrected chi connectivity index (χ0v) is 8.73. The van der Waals surface area contributed by atoms with Crippen LogP contribution < -0.4 is 10.5 Å². The normalized spacial score (nSPS) is 17.1. The Labute approximate surface area is 88.7 Å². The largest absolute Gasteiger partial charge is 0.496 e. The molecule has 2 rings (SSSR count). The molecule has 78 valence electrons. The van der Waals surface area contributed by atoms with E-state index in [2.05, 4.69) is 0 Å². The molecule has 0 unspecified atom stereocenters. The molecule has 0 radical (unpaired) electrons. The maximum atomic E-state index is 13.4. The molecule has 0 bridgehead atoms. The van der Waals surface area contributed by atoms with Crippen molar-refractivity contribution in [2.45, 2.75) is 18.4 Å². The van der Waals surface area contributed by atoms with Crippen molar-refractivity contribution in [1.82, 2.24) is 0 Å². The third-order valence-corrected chi connectivity index (χ3v) is 2.48. The quantitative estimate of drug-likeness (QED) is 0.825. The fourth-order valence-electron chi connectivity index (χ4n) is 1.54. The molecule has 4 heteroatoms. The second-order valence-electron chi connectivity index (χ2n) is 3.47. The summed E-state index contributed by atoms with van der Waals surface area (Å²) in [7, 11) is 1.53. The van der Waals surface area contributed by atoms with Crippen LogP contribution in [0.25, 0.3) is 0 Å². The summed E-state index contributed by atoms with van der Waals surface area (Å²) in [5, 5.41) is 0. The number of nitrogens with two attached hydrogens (primary N) is 1. The van der Waals surface area contributed by atoms with Gasteiger partial charge in [0.15, 0.2) is 0 Å². The van der Waals surface area contributed by atoms with Crippen LogP contribution in [-0.4, -0.2) is 7.11 Å². The number of benzene rings is 1. The SMILES string of the molecule is COc1cccc(F)c1C1(N)CC1.Cl. The molecule has 1 aliphatic carbocycles. The Morgan fingerprint density at radius 1 is 1.43 bits per heavy atom. The maximum absolute atomic E-state index is 13.4. The summed E-state index contributed by atoms with van der Waals surface area (Å²) in [6, 6.07) is 4.79. The van der Waals surface area contributed by atoms with Crippen molar-refractivity contribution in [3.05, 3.63) is 29.6 Å². The molecule has 2 nitrogen and oxygen atoms in total. The third kappa shape index (κ3) is 1.70. The van der Waals surface area contributed by atoms with Gasteiger partial charge in [0.25, 0.3) is 0 Å². The van der Waals surface area contributed by atoms with Gasteiger partial charge in [-0.1, -0.05) is 6.07 Å². The lowest BCUT2D eigenvalue weighted by molar-refractivity contribution is 0.397. The fourth-order valence-corrected chi connectivity index (χ4v) is 1.54. The van der Waals surface area contributed by atoms with Crippen molar-refractivity contribution in [3.8, 4) is 5.75 Å². The van der Waals surface area contributed by atoms with Crippen LogP contribution >= 0.6 is 12.4 Å². The Hall–Kier alpha value is -0.800. The minimum absolute atomic E-state index is 0.